The van der Waals surface area contributed by atoms with Gasteiger partial charge in [-0.05, 0) is 12.5 Å². The Morgan fingerprint density at radius 1 is 1.37 bits per heavy atom. The zero-order chi connectivity index (χ0) is 12.8. The van der Waals surface area contributed by atoms with Crippen LogP contribution in [-0.4, -0.2) is 32.0 Å². The summed E-state index contributed by atoms with van der Waals surface area (Å²) in [5.74, 6) is 0.109. The normalized spacial score (nSPS) is 20.0. The van der Waals surface area contributed by atoms with Crippen molar-refractivity contribution in [2.75, 3.05) is 6.54 Å². The van der Waals surface area contributed by atoms with E-state index in [0.717, 1.165) is 35.0 Å². The van der Waals surface area contributed by atoms with E-state index in [1.807, 2.05) is 18.6 Å². The highest BCUT2D eigenvalue weighted by Crippen LogP contribution is 2.28. The number of nitrogens with zero attached hydrogens (tertiary/aromatic N) is 3. The van der Waals surface area contributed by atoms with Crippen LogP contribution in [0.15, 0.2) is 24.8 Å². The largest absolute Gasteiger partial charge is 0.356 e. The molecule has 0 radical (unpaired) electrons. The molecule has 1 fully saturated rings. The Labute approximate surface area is 108 Å². The number of imidazole rings is 1. The standard InChI is InChI=1S/C13H13N5O/c19-11-5-8(1-3-14-11)18-7-17-10-6-16-13-9(12(10)18)2-4-15-13/h2,4,6-8H,1,3,5H2,(H,14,19)(H,15,16). The van der Waals surface area contributed by atoms with E-state index >= 15 is 0 Å². The second-order valence-corrected chi connectivity index (χ2v) is 4.88. The fourth-order valence-corrected chi connectivity index (χ4v) is 2.81. The van der Waals surface area contributed by atoms with Crippen LogP contribution in [0.4, 0.5) is 0 Å². The number of hydrogen-bond acceptors (Lipinski definition) is 3. The van der Waals surface area contributed by atoms with Gasteiger partial charge in [0.15, 0.2) is 0 Å². The molecule has 1 atom stereocenters. The minimum absolute atomic E-state index is 0.109. The van der Waals surface area contributed by atoms with Crippen LogP contribution >= 0.6 is 0 Å². The summed E-state index contributed by atoms with van der Waals surface area (Å²) in [7, 11) is 0. The van der Waals surface area contributed by atoms with Crippen LogP contribution in [0, 0.1) is 0 Å². The molecule has 96 valence electrons. The maximum Gasteiger partial charge on any atom is 0.222 e. The number of fused-ring (bicyclic) bond motifs is 3. The lowest BCUT2D eigenvalue weighted by Crippen LogP contribution is -2.34. The van der Waals surface area contributed by atoms with Crippen molar-refractivity contribution in [3.05, 3.63) is 24.8 Å². The fraction of sp³-hybridized carbons (Fsp3) is 0.308. The van der Waals surface area contributed by atoms with Gasteiger partial charge in [0.05, 0.1) is 18.0 Å². The zero-order valence-electron chi connectivity index (χ0n) is 10.3. The monoisotopic (exact) mass is 255 g/mol. The van der Waals surface area contributed by atoms with Crippen molar-refractivity contribution in [3.63, 3.8) is 0 Å². The first kappa shape index (κ1) is 10.5. The number of aromatic nitrogens is 4. The fourth-order valence-electron chi connectivity index (χ4n) is 2.81. The van der Waals surface area contributed by atoms with Crippen LogP contribution in [0.5, 0.6) is 0 Å². The van der Waals surface area contributed by atoms with Crippen LogP contribution in [-0.2, 0) is 4.79 Å². The summed E-state index contributed by atoms with van der Waals surface area (Å²) in [6.07, 6.45) is 6.92. The molecule has 0 saturated carbocycles. The minimum Gasteiger partial charge on any atom is -0.356 e. The molecule has 6 heteroatoms. The summed E-state index contributed by atoms with van der Waals surface area (Å²) in [6.45, 7) is 0.727. The Hall–Kier alpha value is -2.37. The van der Waals surface area contributed by atoms with Crippen molar-refractivity contribution < 1.29 is 4.79 Å². The Morgan fingerprint density at radius 2 is 2.32 bits per heavy atom. The molecule has 1 amide bonds. The maximum absolute atomic E-state index is 11.6. The highest BCUT2D eigenvalue weighted by atomic mass is 16.1. The van der Waals surface area contributed by atoms with Crippen LogP contribution in [0.2, 0.25) is 0 Å². The first-order valence-electron chi connectivity index (χ1n) is 6.38. The van der Waals surface area contributed by atoms with Crippen LogP contribution < -0.4 is 5.32 Å². The Kier molecular flexibility index (Phi) is 2.11. The molecule has 2 N–H and O–H groups in total. The van der Waals surface area contributed by atoms with Crippen molar-refractivity contribution in [1.82, 2.24) is 24.8 Å². The molecule has 0 bridgehead atoms. The highest BCUT2D eigenvalue weighted by Gasteiger charge is 2.22. The van der Waals surface area contributed by atoms with E-state index in [9.17, 15) is 4.79 Å². The van der Waals surface area contributed by atoms with Gasteiger partial charge in [-0.1, -0.05) is 0 Å². The molecule has 3 aromatic rings. The SMILES string of the molecule is O=C1CC(n2cnc3cnc4[nH]ccc4c32)CCN1. The van der Waals surface area contributed by atoms with Gasteiger partial charge < -0.3 is 14.9 Å². The molecule has 19 heavy (non-hydrogen) atoms. The van der Waals surface area contributed by atoms with E-state index in [4.69, 9.17) is 0 Å². The van der Waals surface area contributed by atoms with Crippen molar-refractivity contribution >= 4 is 28.0 Å². The molecule has 4 rings (SSSR count). The van der Waals surface area contributed by atoms with E-state index in [-0.39, 0.29) is 11.9 Å². The summed E-state index contributed by atoms with van der Waals surface area (Å²) < 4.78 is 2.12. The Balaban J connectivity index is 1.93. The van der Waals surface area contributed by atoms with Crippen molar-refractivity contribution in [2.24, 2.45) is 0 Å². The summed E-state index contributed by atoms with van der Waals surface area (Å²) >= 11 is 0. The van der Waals surface area contributed by atoms with Gasteiger partial charge in [-0.3, -0.25) is 4.79 Å². The third kappa shape index (κ3) is 1.53. The molecule has 1 unspecified atom stereocenters. The second-order valence-electron chi connectivity index (χ2n) is 4.88. The van der Waals surface area contributed by atoms with E-state index in [1.165, 1.54) is 0 Å². The average molecular weight is 255 g/mol. The first-order chi connectivity index (χ1) is 9.33. The molecule has 0 aliphatic carbocycles. The lowest BCUT2D eigenvalue weighted by molar-refractivity contribution is -0.123. The molecule has 1 aliphatic heterocycles. The van der Waals surface area contributed by atoms with Gasteiger partial charge in [-0.25, -0.2) is 9.97 Å². The predicted octanol–water partition coefficient (Wildman–Crippen LogP) is 1.36. The van der Waals surface area contributed by atoms with Gasteiger partial charge in [-0.2, -0.15) is 0 Å². The summed E-state index contributed by atoms with van der Waals surface area (Å²) in [4.78, 5) is 23.4. The number of piperidine rings is 1. The zero-order valence-corrected chi connectivity index (χ0v) is 10.3. The first-order valence-corrected chi connectivity index (χ1v) is 6.38. The number of nitrogens with one attached hydrogen (secondary N) is 2. The van der Waals surface area contributed by atoms with Crippen LogP contribution in [0.3, 0.4) is 0 Å². The van der Waals surface area contributed by atoms with Crippen molar-refractivity contribution in [3.8, 4) is 0 Å². The third-order valence-corrected chi connectivity index (χ3v) is 3.73. The van der Waals surface area contributed by atoms with Gasteiger partial charge in [0.25, 0.3) is 0 Å². The molecule has 0 aromatic carbocycles. The Morgan fingerprint density at radius 3 is 3.21 bits per heavy atom. The number of carbonyl (C=O) groups is 1. The molecule has 3 aromatic heterocycles. The number of aromatic amines is 1. The molecular weight excluding hydrogens is 242 g/mol. The van der Waals surface area contributed by atoms with Gasteiger partial charge in [-0.15, -0.1) is 0 Å². The smallest absolute Gasteiger partial charge is 0.222 e. The number of amides is 1. The number of H-pyrrole nitrogens is 1. The van der Waals surface area contributed by atoms with Crippen LogP contribution in [0.1, 0.15) is 18.9 Å². The summed E-state index contributed by atoms with van der Waals surface area (Å²) in [5, 5.41) is 3.92. The molecule has 0 spiro atoms. The van der Waals surface area contributed by atoms with E-state index in [2.05, 4.69) is 24.8 Å². The molecule has 4 heterocycles. The number of rotatable bonds is 1. The van der Waals surface area contributed by atoms with E-state index in [1.54, 1.807) is 6.20 Å². The summed E-state index contributed by atoms with van der Waals surface area (Å²) in [5.41, 5.74) is 2.79. The Bertz CT molecular complexity index is 772. The minimum atomic E-state index is 0.109. The number of hydrogen-bond donors (Lipinski definition) is 2. The quantitative estimate of drug-likeness (QED) is 0.689. The van der Waals surface area contributed by atoms with Gasteiger partial charge in [0, 0.05) is 30.6 Å². The van der Waals surface area contributed by atoms with Crippen molar-refractivity contribution in [1.29, 1.82) is 0 Å². The highest BCUT2D eigenvalue weighted by molar-refractivity contribution is 6.01. The molecule has 1 aliphatic rings. The number of carbonyl (C=O) groups excluding carboxylic acids is 1. The second kappa shape index (κ2) is 3.81. The third-order valence-electron chi connectivity index (χ3n) is 3.73. The van der Waals surface area contributed by atoms with Gasteiger partial charge >= 0.3 is 0 Å². The van der Waals surface area contributed by atoms with E-state index in [0.29, 0.717) is 6.42 Å². The molecule has 6 nitrogen and oxygen atoms in total. The average Bonchev–Trinajstić information content (AvgIpc) is 3.04. The van der Waals surface area contributed by atoms with E-state index < -0.39 is 0 Å². The molecule has 1 saturated heterocycles. The lowest BCUT2D eigenvalue weighted by atomic mass is 10.1. The van der Waals surface area contributed by atoms with Gasteiger partial charge in [0.2, 0.25) is 5.91 Å². The maximum atomic E-state index is 11.6. The molecular formula is C13H13N5O. The van der Waals surface area contributed by atoms with Crippen LogP contribution in [0.25, 0.3) is 22.1 Å². The van der Waals surface area contributed by atoms with Gasteiger partial charge in [0.1, 0.15) is 11.2 Å². The summed E-state index contributed by atoms with van der Waals surface area (Å²) in [6, 6.07) is 2.19. The number of pyridine rings is 1. The topological polar surface area (TPSA) is 75.6 Å². The predicted molar refractivity (Wildman–Crippen MR) is 70.7 cm³/mol. The van der Waals surface area contributed by atoms with Crippen molar-refractivity contribution in [2.45, 2.75) is 18.9 Å². The lowest BCUT2D eigenvalue weighted by Gasteiger charge is -2.23.